The topological polar surface area (TPSA) is 89.4 Å². The van der Waals surface area contributed by atoms with Gasteiger partial charge in [0, 0.05) is 44.8 Å². The Morgan fingerprint density at radius 3 is 2.87 bits per heavy atom. The van der Waals surface area contributed by atoms with Crippen molar-refractivity contribution in [2.45, 2.75) is 64.1 Å². The molecule has 0 aliphatic carbocycles. The highest BCUT2D eigenvalue weighted by Crippen LogP contribution is 2.44. The van der Waals surface area contributed by atoms with Crippen molar-refractivity contribution < 1.29 is 14.3 Å². The van der Waals surface area contributed by atoms with E-state index in [-0.39, 0.29) is 17.9 Å². The van der Waals surface area contributed by atoms with Crippen molar-refractivity contribution in [3.8, 4) is 5.75 Å². The Bertz CT molecular complexity index is 956. The second-order valence-electron chi connectivity index (χ2n) is 8.39. The number of aryl methyl sites for hydroxylation is 3. The Hall–Kier alpha value is -2.90. The van der Waals surface area contributed by atoms with E-state index in [4.69, 9.17) is 4.74 Å². The number of benzene rings is 1. The summed E-state index contributed by atoms with van der Waals surface area (Å²) in [4.78, 5) is 31.0. The minimum absolute atomic E-state index is 0.0266. The number of nitrogens with one attached hydrogen (secondary N) is 1. The van der Waals surface area contributed by atoms with Gasteiger partial charge in [-0.2, -0.15) is 5.10 Å². The zero-order valence-corrected chi connectivity index (χ0v) is 17.9. The molecule has 2 aromatic rings. The number of nitrogens with zero attached hydrogens (tertiary/aromatic N) is 4. The lowest BCUT2D eigenvalue weighted by molar-refractivity contribution is -0.129. The van der Waals surface area contributed by atoms with Crippen molar-refractivity contribution in [2.24, 2.45) is 0 Å². The van der Waals surface area contributed by atoms with E-state index in [1.807, 2.05) is 45.2 Å². The Balaban J connectivity index is 1.49. The summed E-state index contributed by atoms with van der Waals surface area (Å²) in [6, 6.07) is 7.73. The number of likely N-dealkylation sites (tertiary alicyclic amines) is 1. The van der Waals surface area contributed by atoms with E-state index < -0.39 is 5.60 Å². The number of para-hydroxylation sites is 1. The van der Waals surface area contributed by atoms with Crippen LogP contribution in [0.1, 0.15) is 55.4 Å². The predicted molar refractivity (Wildman–Crippen MR) is 111 cm³/mol. The molecule has 1 fully saturated rings. The van der Waals surface area contributed by atoms with Crippen LogP contribution in [0, 0.1) is 13.8 Å². The van der Waals surface area contributed by atoms with Crippen molar-refractivity contribution >= 4 is 11.8 Å². The zero-order chi connectivity index (χ0) is 21.3. The maximum atomic E-state index is 12.8. The lowest BCUT2D eigenvalue weighted by atomic mass is 9.82. The number of carbonyl (C=O) groups is 2. The van der Waals surface area contributed by atoms with Gasteiger partial charge in [-0.05, 0) is 26.3 Å². The fourth-order valence-electron chi connectivity index (χ4n) is 4.45. The first-order valence-corrected chi connectivity index (χ1v) is 10.5. The molecule has 160 valence electrons. The van der Waals surface area contributed by atoms with Crippen LogP contribution in [0.3, 0.4) is 0 Å². The molecule has 8 heteroatoms. The van der Waals surface area contributed by atoms with Crippen molar-refractivity contribution in [3.63, 3.8) is 0 Å². The predicted octanol–water partition coefficient (Wildman–Crippen LogP) is 2.31. The first-order chi connectivity index (χ1) is 14.3. The fourth-order valence-corrected chi connectivity index (χ4v) is 4.45. The van der Waals surface area contributed by atoms with Gasteiger partial charge in [-0.1, -0.05) is 18.2 Å². The molecule has 2 aliphatic rings. The monoisotopic (exact) mass is 411 g/mol. The fraction of sp³-hybridized carbons (Fsp3) is 0.545. The third-order valence-corrected chi connectivity index (χ3v) is 6.17. The van der Waals surface area contributed by atoms with Crippen LogP contribution in [0.5, 0.6) is 5.75 Å². The summed E-state index contributed by atoms with van der Waals surface area (Å²) in [6.45, 7) is 4.89. The number of ether oxygens (including phenoxy) is 1. The van der Waals surface area contributed by atoms with Crippen LogP contribution in [0.25, 0.3) is 0 Å². The second kappa shape index (κ2) is 8.08. The van der Waals surface area contributed by atoms with Crippen LogP contribution in [0.4, 0.5) is 0 Å². The first kappa shape index (κ1) is 20.4. The van der Waals surface area contributed by atoms with Crippen molar-refractivity contribution in [1.82, 2.24) is 25.0 Å². The Morgan fingerprint density at radius 1 is 1.30 bits per heavy atom. The molecular formula is C22H29N5O3. The number of carbonyl (C=O) groups excluding carboxylic acids is 2. The largest absolute Gasteiger partial charge is 0.487 e. The maximum Gasteiger partial charge on any atom is 0.222 e. The quantitative estimate of drug-likeness (QED) is 0.834. The average Bonchev–Trinajstić information content (AvgIpc) is 2.99. The van der Waals surface area contributed by atoms with E-state index in [0.29, 0.717) is 44.6 Å². The molecule has 1 aromatic heterocycles. The molecule has 3 heterocycles. The molecule has 1 spiro atoms. The smallest absolute Gasteiger partial charge is 0.222 e. The molecule has 2 aliphatic heterocycles. The van der Waals surface area contributed by atoms with E-state index in [1.54, 1.807) is 9.58 Å². The third kappa shape index (κ3) is 4.17. The van der Waals surface area contributed by atoms with Gasteiger partial charge in [0.1, 0.15) is 23.0 Å². The van der Waals surface area contributed by atoms with Crippen LogP contribution in [0.2, 0.25) is 0 Å². The Kier molecular flexibility index (Phi) is 5.49. The van der Waals surface area contributed by atoms with Gasteiger partial charge in [-0.3, -0.25) is 9.59 Å². The van der Waals surface area contributed by atoms with Crippen LogP contribution >= 0.6 is 0 Å². The van der Waals surface area contributed by atoms with E-state index >= 15 is 0 Å². The second-order valence-corrected chi connectivity index (χ2v) is 8.39. The minimum Gasteiger partial charge on any atom is -0.487 e. The molecule has 0 bridgehead atoms. The lowest BCUT2D eigenvalue weighted by Gasteiger charge is -2.42. The highest BCUT2D eigenvalue weighted by Gasteiger charge is 2.43. The van der Waals surface area contributed by atoms with Gasteiger partial charge in [0.05, 0.1) is 12.6 Å². The third-order valence-electron chi connectivity index (χ3n) is 6.17. The molecule has 2 amide bonds. The Labute approximate surface area is 176 Å². The van der Waals surface area contributed by atoms with Gasteiger partial charge in [-0.15, -0.1) is 0 Å². The van der Waals surface area contributed by atoms with E-state index in [9.17, 15) is 9.59 Å². The number of fused-ring (bicyclic) bond motifs is 1. The van der Waals surface area contributed by atoms with Gasteiger partial charge in [-0.25, -0.2) is 9.67 Å². The van der Waals surface area contributed by atoms with Crippen molar-refractivity contribution in [3.05, 3.63) is 41.5 Å². The highest BCUT2D eigenvalue weighted by atomic mass is 16.5. The van der Waals surface area contributed by atoms with Crippen LogP contribution < -0.4 is 10.1 Å². The van der Waals surface area contributed by atoms with Gasteiger partial charge in [0.2, 0.25) is 11.8 Å². The van der Waals surface area contributed by atoms with Gasteiger partial charge < -0.3 is 15.0 Å². The molecular weight excluding hydrogens is 382 g/mol. The standard InChI is InChI=1S/C22H29N5O3/c1-15-23-16(2)27(25-15)12-9-20(28)24-18-14-22(10-8-21(29)26(3)13-11-22)30-19-7-5-4-6-17(18)19/h4-7,18H,8-14H2,1-3H3,(H,24,28)/t18-,22-/m0/s1. The number of hydrogen-bond donors (Lipinski definition) is 1. The normalized spacial score (nSPS) is 23.6. The van der Waals surface area contributed by atoms with Gasteiger partial charge in [0.25, 0.3) is 0 Å². The van der Waals surface area contributed by atoms with Crippen LogP contribution in [-0.4, -0.2) is 50.7 Å². The van der Waals surface area contributed by atoms with Crippen molar-refractivity contribution in [1.29, 1.82) is 0 Å². The van der Waals surface area contributed by atoms with Gasteiger partial charge in [0.15, 0.2) is 0 Å². The molecule has 30 heavy (non-hydrogen) atoms. The summed E-state index contributed by atoms with van der Waals surface area (Å²) in [6.07, 6.45) is 2.88. The number of hydrogen-bond acceptors (Lipinski definition) is 5. The van der Waals surface area contributed by atoms with E-state index in [0.717, 1.165) is 23.6 Å². The van der Waals surface area contributed by atoms with E-state index in [2.05, 4.69) is 15.4 Å². The summed E-state index contributed by atoms with van der Waals surface area (Å²) in [5.41, 5.74) is 0.556. The molecule has 1 N–H and O–H groups in total. The van der Waals surface area contributed by atoms with E-state index in [1.165, 1.54) is 0 Å². The molecule has 0 saturated carbocycles. The molecule has 4 rings (SSSR count). The maximum absolute atomic E-state index is 12.8. The summed E-state index contributed by atoms with van der Waals surface area (Å²) in [7, 11) is 1.84. The first-order valence-electron chi connectivity index (χ1n) is 10.5. The summed E-state index contributed by atoms with van der Waals surface area (Å²) in [5, 5.41) is 7.53. The highest BCUT2D eigenvalue weighted by molar-refractivity contribution is 5.77. The number of aromatic nitrogens is 3. The molecule has 1 aromatic carbocycles. The van der Waals surface area contributed by atoms with Crippen LogP contribution in [-0.2, 0) is 16.1 Å². The van der Waals surface area contributed by atoms with Crippen molar-refractivity contribution in [2.75, 3.05) is 13.6 Å². The molecule has 8 nitrogen and oxygen atoms in total. The summed E-state index contributed by atoms with van der Waals surface area (Å²) in [5.74, 6) is 2.44. The zero-order valence-electron chi connectivity index (χ0n) is 17.9. The average molecular weight is 412 g/mol. The van der Waals surface area contributed by atoms with Gasteiger partial charge >= 0.3 is 0 Å². The molecule has 0 unspecified atom stereocenters. The summed E-state index contributed by atoms with van der Waals surface area (Å²) >= 11 is 0. The Morgan fingerprint density at radius 2 is 2.10 bits per heavy atom. The summed E-state index contributed by atoms with van der Waals surface area (Å²) < 4.78 is 8.21. The lowest BCUT2D eigenvalue weighted by Crippen LogP contribution is -2.46. The number of rotatable bonds is 4. The number of amides is 2. The van der Waals surface area contributed by atoms with Crippen LogP contribution in [0.15, 0.2) is 24.3 Å². The molecule has 1 saturated heterocycles. The molecule has 0 radical (unpaired) electrons. The SMILES string of the molecule is Cc1nc(C)n(CCC(=O)N[C@H]2C[C@@]3(CCC(=O)N(C)CC3)Oc3ccccc32)n1. The minimum atomic E-state index is -0.438. The molecule has 2 atom stereocenters.